The molecule has 0 saturated carbocycles. The minimum Gasteiger partial charge on any atom is -0.462 e. The van der Waals surface area contributed by atoms with Gasteiger partial charge in [-0.05, 0) is 154 Å². The van der Waals surface area contributed by atoms with Crippen LogP contribution in [0.15, 0.2) is 158 Å². The third-order valence-electron chi connectivity index (χ3n) is 15.5. The van der Waals surface area contributed by atoms with Crippen molar-refractivity contribution in [3.05, 3.63) is 158 Å². The normalized spacial score (nSPS) is 14.8. The minimum atomic E-state index is -5.01. The second-order valence-electron chi connectivity index (χ2n) is 25.2. The fourth-order valence-electron chi connectivity index (χ4n) is 9.64. The summed E-state index contributed by atoms with van der Waals surface area (Å²) in [6, 6.07) is 0. The van der Waals surface area contributed by atoms with Gasteiger partial charge in [0.15, 0.2) is 12.2 Å². The summed E-state index contributed by atoms with van der Waals surface area (Å²) in [5.41, 5.74) is 0. The maximum atomic E-state index is 13.1. The van der Waals surface area contributed by atoms with Gasteiger partial charge in [0.2, 0.25) is 0 Å². The number of ether oxygens (including phenoxy) is 4. The summed E-state index contributed by atoms with van der Waals surface area (Å²) >= 11 is 0. The molecule has 19 heteroatoms. The maximum Gasteiger partial charge on any atom is 0.472 e. The monoisotopic (exact) mass is 1470 g/mol. The number of hydrogen-bond acceptors (Lipinski definition) is 15. The van der Waals surface area contributed by atoms with Crippen LogP contribution in [-0.2, 0) is 65.4 Å². The molecule has 0 aliphatic carbocycles. The summed E-state index contributed by atoms with van der Waals surface area (Å²) in [5.74, 6) is -2.39. The van der Waals surface area contributed by atoms with Crippen LogP contribution < -0.4 is 0 Å². The van der Waals surface area contributed by atoms with E-state index >= 15 is 0 Å². The van der Waals surface area contributed by atoms with Gasteiger partial charge in [-0.3, -0.25) is 37.3 Å². The highest BCUT2D eigenvalue weighted by atomic mass is 31.2. The smallest absolute Gasteiger partial charge is 0.462 e. The molecule has 0 amide bonds. The molecule has 0 rings (SSSR count). The number of carbonyl (C=O) groups is 4. The first-order valence-corrected chi connectivity index (χ1v) is 41.7. The van der Waals surface area contributed by atoms with E-state index < -0.39 is 97.5 Å². The summed E-state index contributed by atoms with van der Waals surface area (Å²) in [6.45, 7) is 4.40. The van der Waals surface area contributed by atoms with E-state index in [0.29, 0.717) is 25.7 Å². The SMILES string of the molecule is CC/C=C\C/C=C\C/C=C\C/C=C\C/C=C\CC(=O)OC(COC(=O)CCCCCC/C=C\C/C=C\C/C=C\C/C=C\CC)COP(=O)(O)OCC(O)COP(=O)(O)OCC(COC(=O)CCCCCCC/C=C\C/C=C\CCCCC)OC(=O)CCCCCCC/C=C\C/C=C\CCCCC. The zero-order valence-corrected chi connectivity index (χ0v) is 65.0. The topological polar surface area (TPSA) is 237 Å². The number of rotatable bonds is 71. The summed E-state index contributed by atoms with van der Waals surface area (Å²) in [5, 5.41) is 10.6. The van der Waals surface area contributed by atoms with Gasteiger partial charge in [-0.1, -0.05) is 263 Å². The molecular formula is C83H136O17P2. The molecular weight excluding hydrogens is 1330 g/mol. The second-order valence-corrected chi connectivity index (χ2v) is 28.1. The van der Waals surface area contributed by atoms with Crippen LogP contribution in [0.5, 0.6) is 0 Å². The molecule has 0 aliphatic rings. The Morgan fingerprint density at radius 1 is 0.294 bits per heavy atom. The van der Waals surface area contributed by atoms with Crippen molar-refractivity contribution >= 4 is 39.5 Å². The molecule has 0 aliphatic heterocycles. The van der Waals surface area contributed by atoms with Gasteiger partial charge >= 0.3 is 39.5 Å². The fraction of sp³-hybridized carbons (Fsp3) is 0.639. The molecule has 17 nitrogen and oxygen atoms in total. The summed E-state index contributed by atoms with van der Waals surface area (Å²) in [6.07, 6.45) is 85.4. The zero-order valence-electron chi connectivity index (χ0n) is 63.2. The lowest BCUT2D eigenvalue weighted by Crippen LogP contribution is -2.30. The predicted octanol–water partition coefficient (Wildman–Crippen LogP) is 22.4. The number of aliphatic hydroxyl groups is 1. The minimum absolute atomic E-state index is 0.0686. The van der Waals surface area contributed by atoms with E-state index in [9.17, 15) is 43.2 Å². The van der Waals surface area contributed by atoms with Crippen molar-refractivity contribution in [2.45, 2.75) is 303 Å². The van der Waals surface area contributed by atoms with E-state index in [1.54, 1.807) is 12.2 Å². The van der Waals surface area contributed by atoms with Gasteiger partial charge in [-0.15, -0.1) is 0 Å². The molecule has 0 heterocycles. The summed E-state index contributed by atoms with van der Waals surface area (Å²) < 4.78 is 68.3. The molecule has 0 fully saturated rings. The first-order valence-electron chi connectivity index (χ1n) is 38.7. The quantitative estimate of drug-likeness (QED) is 0.0169. The van der Waals surface area contributed by atoms with Crippen molar-refractivity contribution in [3.8, 4) is 0 Å². The molecule has 580 valence electrons. The van der Waals surface area contributed by atoms with Gasteiger partial charge in [0.05, 0.1) is 32.8 Å². The number of carbonyl (C=O) groups excluding carboxylic acids is 4. The Balaban J connectivity index is 5.48. The van der Waals surface area contributed by atoms with Crippen LogP contribution in [-0.4, -0.2) is 96.7 Å². The van der Waals surface area contributed by atoms with Gasteiger partial charge in [-0.25, -0.2) is 9.13 Å². The molecule has 0 aromatic carbocycles. The standard InChI is InChI=1S/C83H136O17P2/c1-5-9-13-17-21-25-29-33-37-38-42-44-48-52-56-60-64-68-81(86)94-74-79(100-83(88)70-66-62-58-54-50-46-41-36-32-28-24-20-16-12-8-4)76-98-102(91,92)96-72-77(84)71-95-101(89,90)97-75-78(99-82(87)69-65-61-57-53-49-45-40-35-31-27-23-19-15-11-7-3)73-93-80(85)67-63-59-55-51-47-43-39-34-30-26-22-18-14-10-6-2/h9,12-13,16,21-28,33-37,39-42,44,50,54,62,66,77-79,84H,5-8,10-11,14-15,17-20,29-32,38,43,45-49,51-53,55-61,63-65,67-76H2,1-4H3,(H,89,90)(H,91,92)/b13-9-,16-12-,25-21-,26-22-,27-23-,28-24-,37-33-,39-34-,40-35-,41-36-,44-42-,54-50-,66-62-. The van der Waals surface area contributed by atoms with E-state index in [4.69, 9.17) is 37.0 Å². The Morgan fingerprint density at radius 3 is 0.873 bits per heavy atom. The van der Waals surface area contributed by atoms with Crippen molar-refractivity contribution in [3.63, 3.8) is 0 Å². The van der Waals surface area contributed by atoms with Crippen LogP contribution in [0.1, 0.15) is 285 Å². The van der Waals surface area contributed by atoms with E-state index in [1.165, 1.54) is 38.5 Å². The molecule has 0 spiro atoms. The van der Waals surface area contributed by atoms with E-state index in [1.807, 2.05) is 12.2 Å². The number of aliphatic hydroxyl groups excluding tert-OH is 1. The molecule has 0 aromatic rings. The third-order valence-corrected chi connectivity index (χ3v) is 17.4. The molecule has 0 saturated heterocycles. The Labute approximate surface area is 617 Å². The van der Waals surface area contributed by atoms with Crippen molar-refractivity contribution in [2.75, 3.05) is 39.6 Å². The van der Waals surface area contributed by atoms with Crippen molar-refractivity contribution in [1.29, 1.82) is 0 Å². The molecule has 5 atom stereocenters. The number of unbranched alkanes of at least 4 members (excludes halogenated alkanes) is 20. The van der Waals surface area contributed by atoms with Crippen LogP contribution in [0.2, 0.25) is 0 Å². The predicted molar refractivity (Wildman–Crippen MR) is 417 cm³/mol. The Kier molecular flexibility index (Phi) is 70.1. The van der Waals surface area contributed by atoms with Crippen molar-refractivity contribution in [2.24, 2.45) is 0 Å². The average molecular weight is 1470 g/mol. The summed E-state index contributed by atoms with van der Waals surface area (Å²) in [7, 11) is -10.0. The van der Waals surface area contributed by atoms with Crippen molar-refractivity contribution < 1.29 is 80.2 Å². The number of allylic oxidation sites excluding steroid dienone is 25. The Morgan fingerprint density at radius 2 is 0.549 bits per heavy atom. The van der Waals surface area contributed by atoms with Gasteiger partial charge < -0.3 is 33.8 Å². The third kappa shape index (κ3) is 73.0. The molecule has 0 radical (unpaired) electrons. The lowest BCUT2D eigenvalue weighted by Gasteiger charge is -2.21. The largest absolute Gasteiger partial charge is 0.472 e. The number of hydrogen-bond donors (Lipinski definition) is 3. The number of phosphoric acid groups is 2. The molecule has 0 aromatic heterocycles. The van der Waals surface area contributed by atoms with E-state index in [0.717, 1.165) is 167 Å². The van der Waals surface area contributed by atoms with E-state index in [2.05, 4.69) is 161 Å². The van der Waals surface area contributed by atoms with Crippen LogP contribution >= 0.6 is 15.6 Å². The number of esters is 4. The molecule has 5 unspecified atom stereocenters. The van der Waals surface area contributed by atoms with E-state index in [-0.39, 0.29) is 25.7 Å². The molecule has 102 heavy (non-hydrogen) atoms. The van der Waals surface area contributed by atoms with Crippen LogP contribution in [0.3, 0.4) is 0 Å². The fourth-order valence-corrected chi connectivity index (χ4v) is 11.2. The van der Waals surface area contributed by atoms with Crippen LogP contribution in [0.25, 0.3) is 0 Å². The highest BCUT2D eigenvalue weighted by Gasteiger charge is 2.30. The van der Waals surface area contributed by atoms with Crippen LogP contribution in [0, 0.1) is 0 Å². The lowest BCUT2D eigenvalue weighted by molar-refractivity contribution is -0.161. The van der Waals surface area contributed by atoms with Gasteiger partial charge in [0, 0.05) is 19.3 Å². The Bertz CT molecular complexity index is 2550. The average Bonchev–Trinajstić information content (AvgIpc) is 0.919. The van der Waals surface area contributed by atoms with Gasteiger partial charge in [-0.2, -0.15) is 0 Å². The van der Waals surface area contributed by atoms with Gasteiger partial charge in [0.1, 0.15) is 19.3 Å². The zero-order chi connectivity index (χ0) is 74.6. The molecule has 0 bridgehead atoms. The first-order chi connectivity index (χ1) is 49.7. The van der Waals surface area contributed by atoms with Crippen molar-refractivity contribution in [1.82, 2.24) is 0 Å². The highest BCUT2D eigenvalue weighted by molar-refractivity contribution is 7.47. The Hall–Kier alpha value is -5.32. The van der Waals surface area contributed by atoms with Gasteiger partial charge in [0.25, 0.3) is 0 Å². The first kappa shape index (κ1) is 96.7. The second kappa shape index (κ2) is 74.0. The summed E-state index contributed by atoms with van der Waals surface area (Å²) in [4.78, 5) is 72.9. The van der Waals surface area contributed by atoms with Crippen LogP contribution in [0.4, 0.5) is 0 Å². The molecule has 3 N–H and O–H groups in total. The lowest BCUT2D eigenvalue weighted by atomic mass is 10.1. The highest BCUT2D eigenvalue weighted by Crippen LogP contribution is 2.45. The maximum absolute atomic E-state index is 13.1. The number of phosphoric ester groups is 2.